The van der Waals surface area contributed by atoms with Gasteiger partial charge in [-0.2, -0.15) is 9.31 Å². The molecule has 0 amide bonds. The van der Waals surface area contributed by atoms with Gasteiger partial charge in [-0.25, -0.2) is 0 Å². The van der Waals surface area contributed by atoms with Crippen LogP contribution in [0.5, 0.6) is 0 Å². The molecule has 2 rings (SSSR count). The Hall–Kier alpha value is -1.79. The average Bonchev–Trinajstić information content (AvgIpc) is 2.74. The van der Waals surface area contributed by atoms with E-state index in [4.69, 9.17) is 5.73 Å². The predicted molar refractivity (Wildman–Crippen MR) is 52.5 cm³/mol. The van der Waals surface area contributed by atoms with Crippen molar-refractivity contribution in [3.05, 3.63) is 6.33 Å². The van der Waals surface area contributed by atoms with Crippen molar-refractivity contribution in [2.24, 2.45) is 0 Å². The number of fused-ring (bicyclic) bond motifs is 1. The minimum Gasteiger partial charge on any atom is -0.379 e. The van der Waals surface area contributed by atoms with Gasteiger partial charge in [0.2, 0.25) is 5.65 Å². The predicted octanol–water partition coefficient (Wildman–Crippen LogP) is -0.514. The zero-order valence-electron chi connectivity index (χ0n) is 8.25. The Bertz CT molecular complexity index is 424. The number of nitrogen functional groups attached to an aromatic ring is 1. The second kappa shape index (κ2) is 3.17. The summed E-state index contributed by atoms with van der Waals surface area (Å²) >= 11 is 0. The summed E-state index contributed by atoms with van der Waals surface area (Å²) in [5.74, 6) is 0.398. The lowest BCUT2D eigenvalue weighted by Crippen LogP contribution is -2.35. The fourth-order valence-electron chi connectivity index (χ4n) is 1.42. The third-order valence-electron chi connectivity index (χ3n) is 2.15. The van der Waals surface area contributed by atoms with E-state index in [9.17, 15) is 0 Å². The molecule has 0 fully saturated rings. The Kier molecular flexibility index (Phi) is 1.99. The fourth-order valence-corrected chi connectivity index (χ4v) is 1.42. The molecule has 0 atom stereocenters. The number of hydrogen-bond acceptors (Lipinski definition) is 5. The monoisotopic (exact) mass is 195 g/mol. The SMILES string of the molecule is CCN(CC)n1ncn2nnc(N)c12. The molecule has 0 aliphatic rings. The molecule has 0 aliphatic heterocycles. The maximum atomic E-state index is 5.69. The molecule has 2 aromatic heterocycles. The van der Waals surface area contributed by atoms with Gasteiger partial charge in [0, 0.05) is 13.1 Å². The molecule has 0 bridgehead atoms. The lowest BCUT2D eigenvalue weighted by Gasteiger charge is -2.20. The molecule has 0 aromatic carbocycles. The molecule has 2 aromatic rings. The Morgan fingerprint density at radius 2 is 2.14 bits per heavy atom. The van der Waals surface area contributed by atoms with Crippen molar-refractivity contribution in [3.8, 4) is 0 Å². The normalized spacial score (nSPS) is 11.0. The summed E-state index contributed by atoms with van der Waals surface area (Å²) in [4.78, 5) is 1.73. The minimum absolute atomic E-state index is 0.398. The van der Waals surface area contributed by atoms with Gasteiger partial charge in [-0.15, -0.1) is 10.2 Å². The van der Waals surface area contributed by atoms with Gasteiger partial charge in [0.25, 0.3) is 0 Å². The summed E-state index contributed by atoms with van der Waals surface area (Å²) in [6.45, 7) is 5.83. The van der Waals surface area contributed by atoms with Crippen LogP contribution in [0.4, 0.5) is 5.82 Å². The van der Waals surface area contributed by atoms with Crippen molar-refractivity contribution in [2.45, 2.75) is 13.8 Å². The van der Waals surface area contributed by atoms with Gasteiger partial charge in [0.05, 0.1) is 0 Å². The quantitative estimate of drug-likeness (QED) is 0.713. The van der Waals surface area contributed by atoms with E-state index < -0.39 is 0 Å². The van der Waals surface area contributed by atoms with E-state index in [0.29, 0.717) is 11.5 Å². The van der Waals surface area contributed by atoms with Crippen LogP contribution >= 0.6 is 0 Å². The van der Waals surface area contributed by atoms with Gasteiger partial charge in [-0.3, -0.25) is 5.01 Å². The molecule has 76 valence electrons. The highest BCUT2D eigenvalue weighted by atomic mass is 15.7. The van der Waals surface area contributed by atoms with Crippen LogP contribution in [0, 0.1) is 0 Å². The van der Waals surface area contributed by atoms with Crippen LogP contribution in [0.3, 0.4) is 0 Å². The van der Waals surface area contributed by atoms with E-state index in [0.717, 1.165) is 13.1 Å². The van der Waals surface area contributed by atoms with E-state index in [1.54, 1.807) is 15.6 Å². The third-order valence-corrected chi connectivity index (χ3v) is 2.15. The molecule has 7 nitrogen and oxygen atoms in total. The van der Waals surface area contributed by atoms with Gasteiger partial charge in [0.1, 0.15) is 6.33 Å². The summed E-state index contributed by atoms with van der Waals surface area (Å²) in [6, 6.07) is 0. The number of anilines is 1. The van der Waals surface area contributed by atoms with E-state index in [-0.39, 0.29) is 0 Å². The summed E-state index contributed by atoms with van der Waals surface area (Å²) in [6.07, 6.45) is 1.59. The van der Waals surface area contributed by atoms with Crippen molar-refractivity contribution in [2.75, 3.05) is 23.8 Å². The number of nitrogens with two attached hydrogens (primary N) is 1. The van der Waals surface area contributed by atoms with Crippen LogP contribution < -0.4 is 10.7 Å². The van der Waals surface area contributed by atoms with E-state index in [2.05, 4.69) is 29.3 Å². The number of rotatable bonds is 3. The maximum Gasteiger partial charge on any atom is 0.220 e. The second-order valence-electron chi connectivity index (χ2n) is 2.90. The number of nitrogens with zero attached hydrogens (tertiary/aromatic N) is 6. The number of aromatic nitrogens is 5. The topological polar surface area (TPSA) is 77.3 Å². The van der Waals surface area contributed by atoms with Crippen molar-refractivity contribution < 1.29 is 0 Å². The highest BCUT2D eigenvalue weighted by molar-refractivity contribution is 5.58. The van der Waals surface area contributed by atoms with Crippen LogP contribution in [0.15, 0.2) is 6.33 Å². The highest BCUT2D eigenvalue weighted by Crippen LogP contribution is 2.08. The van der Waals surface area contributed by atoms with Gasteiger partial charge >= 0.3 is 0 Å². The molecular weight excluding hydrogens is 182 g/mol. The van der Waals surface area contributed by atoms with Crippen molar-refractivity contribution in [1.82, 2.24) is 24.7 Å². The molecular formula is C7H13N7. The van der Waals surface area contributed by atoms with Crippen LogP contribution in [0.25, 0.3) is 5.65 Å². The molecule has 0 aliphatic carbocycles. The Labute approximate surface area is 81.1 Å². The summed E-state index contributed by atoms with van der Waals surface area (Å²) in [5.41, 5.74) is 6.40. The zero-order valence-corrected chi connectivity index (χ0v) is 8.25. The first-order valence-electron chi connectivity index (χ1n) is 4.57. The molecule has 0 unspecified atom stereocenters. The van der Waals surface area contributed by atoms with Crippen molar-refractivity contribution in [1.29, 1.82) is 0 Å². The minimum atomic E-state index is 0.398. The molecule has 2 heterocycles. The highest BCUT2D eigenvalue weighted by Gasteiger charge is 2.12. The molecule has 7 heteroatoms. The van der Waals surface area contributed by atoms with E-state index in [1.807, 2.05) is 5.01 Å². The first-order chi connectivity index (χ1) is 6.77. The standard InChI is InChI=1S/C7H13N7/c1-3-12(4-2)14-7-6(8)10-11-13(7)5-9-14/h5H,3-4,8H2,1-2H3. The molecule has 0 saturated carbocycles. The van der Waals surface area contributed by atoms with Crippen LogP contribution in [-0.4, -0.2) is 37.8 Å². The van der Waals surface area contributed by atoms with Gasteiger partial charge < -0.3 is 5.73 Å². The summed E-state index contributed by atoms with van der Waals surface area (Å²) in [5, 5.41) is 13.8. The summed E-state index contributed by atoms with van der Waals surface area (Å²) < 4.78 is 1.56. The third kappa shape index (κ3) is 1.09. The first kappa shape index (κ1) is 8.79. The largest absolute Gasteiger partial charge is 0.379 e. The van der Waals surface area contributed by atoms with Crippen LogP contribution in [-0.2, 0) is 0 Å². The maximum absolute atomic E-state index is 5.69. The van der Waals surface area contributed by atoms with Gasteiger partial charge in [0.15, 0.2) is 5.82 Å². The Balaban J connectivity index is 2.55. The molecule has 14 heavy (non-hydrogen) atoms. The van der Waals surface area contributed by atoms with E-state index >= 15 is 0 Å². The molecule has 0 saturated heterocycles. The molecule has 2 N–H and O–H groups in total. The fraction of sp³-hybridized carbons (Fsp3) is 0.571. The van der Waals surface area contributed by atoms with Crippen LogP contribution in [0.1, 0.15) is 13.8 Å². The molecule has 0 spiro atoms. The lowest BCUT2D eigenvalue weighted by molar-refractivity contribution is 0.574. The van der Waals surface area contributed by atoms with Gasteiger partial charge in [-0.1, -0.05) is 5.21 Å². The Morgan fingerprint density at radius 1 is 1.43 bits per heavy atom. The van der Waals surface area contributed by atoms with E-state index in [1.165, 1.54) is 0 Å². The molecule has 0 radical (unpaired) electrons. The smallest absolute Gasteiger partial charge is 0.220 e. The second-order valence-corrected chi connectivity index (χ2v) is 2.90. The first-order valence-corrected chi connectivity index (χ1v) is 4.57. The summed E-state index contributed by atoms with van der Waals surface area (Å²) in [7, 11) is 0. The Morgan fingerprint density at radius 3 is 2.79 bits per heavy atom. The van der Waals surface area contributed by atoms with Crippen LogP contribution in [0.2, 0.25) is 0 Å². The average molecular weight is 195 g/mol. The van der Waals surface area contributed by atoms with Crippen molar-refractivity contribution >= 4 is 11.5 Å². The number of hydrogen-bond donors (Lipinski definition) is 1. The van der Waals surface area contributed by atoms with Gasteiger partial charge in [-0.05, 0) is 13.8 Å². The van der Waals surface area contributed by atoms with Crippen molar-refractivity contribution in [3.63, 3.8) is 0 Å². The zero-order chi connectivity index (χ0) is 10.1. The lowest BCUT2D eigenvalue weighted by atomic mass is 10.6.